The summed E-state index contributed by atoms with van der Waals surface area (Å²) in [4.78, 5) is 14.7. The number of piperidine rings is 2. The minimum absolute atomic E-state index is 0.128. The zero-order valence-electron chi connectivity index (χ0n) is 16.3. The summed E-state index contributed by atoms with van der Waals surface area (Å²) < 4.78 is 14.0. The van der Waals surface area contributed by atoms with E-state index in [2.05, 4.69) is 11.4 Å². The van der Waals surface area contributed by atoms with Gasteiger partial charge in [-0.1, -0.05) is 30.3 Å². The summed E-state index contributed by atoms with van der Waals surface area (Å²) in [6, 6.07) is 16.7. The lowest BCUT2D eigenvalue weighted by Gasteiger charge is -2.41. The van der Waals surface area contributed by atoms with Gasteiger partial charge in [0.25, 0.3) is 5.91 Å². The fraction of sp³-hybridized carbons (Fsp3) is 0.458. The molecule has 2 aromatic rings. The molecule has 2 aliphatic rings. The Bertz CT molecular complexity index is 780. The Balaban J connectivity index is 1.48. The highest BCUT2D eigenvalue weighted by molar-refractivity contribution is 5.94. The molecule has 148 valence electrons. The summed E-state index contributed by atoms with van der Waals surface area (Å²) in [6.07, 6.45) is 4.27. The number of carbonyl (C=O) groups is 1. The van der Waals surface area contributed by atoms with Crippen LogP contribution in [0.1, 0.15) is 47.5 Å². The third kappa shape index (κ3) is 4.27. The van der Waals surface area contributed by atoms with E-state index in [0.717, 1.165) is 63.0 Å². The molecule has 0 saturated carbocycles. The maximum atomic E-state index is 14.0. The first-order valence-electron chi connectivity index (χ1n) is 10.5. The Morgan fingerprint density at radius 3 is 2.29 bits per heavy atom. The number of nitrogens with one attached hydrogen (secondary N) is 1. The second kappa shape index (κ2) is 8.87. The van der Waals surface area contributed by atoms with Crippen LogP contribution in [-0.4, -0.2) is 37.0 Å². The second-order valence-corrected chi connectivity index (χ2v) is 8.16. The van der Waals surface area contributed by atoms with E-state index in [-0.39, 0.29) is 11.7 Å². The molecule has 0 aliphatic carbocycles. The zero-order chi connectivity index (χ0) is 19.3. The molecule has 2 fully saturated rings. The van der Waals surface area contributed by atoms with Crippen molar-refractivity contribution in [1.29, 1.82) is 0 Å². The lowest BCUT2D eigenvalue weighted by Crippen LogP contribution is -2.42. The average Bonchev–Trinajstić information content (AvgIpc) is 2.75. The number of hydrogen-bond donors (Lipinski definition) is 1. The topological polar surface area (TPSA) is 32.3 Å². The van der Waals surface area contributed by atoms with E-state index < -0.39 is 0 Å². The molecule has 0 spiro atoms. The zero-order valence-corrected chi connectivity index (χ0v) is 16.3. The summed E-state index contributed by atoms with van der Waals surface area (Å²) in [5.41, 5.74) is 1.90. The van der Waals surface area contributed by atoms with E-state index in [9.17, 15) is 9.18 Å². The fourth-order valence-electron chi connectivity index (χ4n) is 5.07. The maximum Gasteiger partial charge on any atom is 0.253 e. The Labute approximate surface area is 166 Å². The van der Waals surface area contributed by atoms with Crippen LogP contribution in [0.4, 0.5) is 4.39 Å². The van der Waals surface area contributed by atoms with E-state index in [1.165, 1.54) is 6.07 Å². The van der Waals surface area contributed by atoms with Gasteiger partial charge in [-0.05, 0) is 86.4 Å². The van der Waals surface area contributed by atoms with Crippen LogP contribution in [-0.2, 0) is 0 Å². The predicted octanol–water partition coefficient (Wildman–Crippen LogP) is 4.46. The summed E-state index contributed by atoms with van der Waals surface area (Å²) in [5, 5.41) is 3.45. The van der Waals surface area contributed by atoms with Crippen LogP contribution in [0.3, 0.4) is 0 Å². The highest BCUT2D eigenvalue weighted by Gasteiger charge is 2.35. The number of amides is 1. The number of nitrogens with zero attached hydrogens (tertiary/aromatic N) is 1. The fourth-order valence-corrected chi connectivity index (χ4v) is 5.07. The van der Waals surface area contributed by atoms with Gasteiger partial charge in [-0.25, -0.2) is 4.39 Å². The normalized spacial score (nSPS) is 20.1. The number of hydrogen-bond acceptors (Lipinski definition) is 2. The van der Waals surface area contributed by atoms with Crippen molar-refractivity contribution in [2.75, 3.05) is 26.2 Å². The van der Waals surface area contributed by atoms with Crippen molar-refractivity contribution < 1.29 is 9.18 Å². The lowest BCUT2D eigenvalue weighted by atomic mass is 9.70. The molecule has 1 N–H and O–H groups in total. The molecule has 3 nitrogen and oxygen atoms in total. The van der Waals surface area contributed by atoms with Gasteiger partial charge < -0.3 is 10.2 Å². The standard InChI is InChI=1S/C24H29FN2O/c25-22-8-4-7-21(17-22)23(18-9-13-26-14-10-18)19-11-15-27(16-12-19)24(28)20-5-2-1-3-6-20/h1-8,17-19,23,26H,9-16H2. The SMILES string of the molecule is O=C(c1ccccc1)N1CCC(C(c2cccc(F)c2)C2CCNCC2)CC1. The lowest BCUT2D eigenvalue weighted by molar-refractivity contribution is 0.0657. The minimum atomic E-state index is -0.145. The molecule has 2 aromatic carbocycles. The molecule has 2 heterocycles. The molecule has 0 radical (unpaired) electrons. The van der Waals surface area contributed by atoms with Crippen molar-refractivity contribution in [2.24, 2.45) is 11.8 Å². The average molecular weight is 381 g/mol. The Hall–Kier alpha value is -2.20. The summed E-state index contributed by atoms with van der Waals surface area (Å²) in [6.45, 7) is 3.66. The number of benzene rings is 2. The van der Waals surface area contributed by atoms with Gasteiger partial charge >= 0.3 is 0 Å². The number of likely N-dealkylation sites (tertiary alicyclic amines) is 1. The van der Waals surface area contributed by atoms with E-state index in [1.54, 1.807) is 6.07 Å². The van der Waals surface area contributed by atoms with E-state index in [4.69, 9.17) is 0 Å². The van der Waals surface area contributed by atoms with Crippen molar-refractivity contribution in [3.8, 4) is 0 Å². The quantitative estimate of drug-likeness (QED) is 0.849. The molecule has 28 heavy (non-hydrogen) atoms. The van der Waals surface area contributed by atoms with Gasteiger partial charge in [-0.2, -0.15) is 0 Å². The summed E-state index contributed by atoms with van der Waals surface area (Å²) in [5.74, 6) is 1.46. The maximum absolute atomic E-state index is 14.0. The molecule has 4 rings (SSSR count). The third-order valence-corrected chi connectivity index (χ3v) is 6.48. The van der Waals surface area contributed by atoms with Gasteiger partial charge in [0.15, 0.2) is 0 Å². The number of halogens is 1. The molecule has 4 heteroatoms. The second-order valence-electron chi connectivity index (χ2n) is 8.16. The monoisotopic (exact) mass is 380 g/mol. The molecular formula is C24H29FN2O. The van der Waals surface area contributed by atoms with Crippen LogP contribution in [0.25, 0.3) is 0 Å². The van der Waals surface area contributed by atoms with Crippen LogP contribution < -0.4 is 5.32 Å². The Morgan fingerprint density at radius 2 is 1.61 bits per heavy atom. The summed E-state index contributed by atoms with van der Waals surface area (Å²) >= 11 is 0. The van der Waals surface area contributed by atoms with Crippen LogP contribution >= 0.6 is 0 Å². The number of carbonyl (C=O) groups excluding carboxylic acids is 1. The van der Waals surface area contributed by atoms with Crippen LogP contribution in [0.2, 0.25) is 0 Å². The molecule has 1 unspecified atom stereocenters. The van der Waals surface area contributed by atoms with Crippen molar-refractivity contribution in [1.82, 2.24) is 10.2 Å². The molecule has 2 saturated heterocycles. The van der Waals surface area contributed by atoms with Crippen molar-refractivity contribution in [3.63, 3.8) is 0 Å². The van der Waals surface area contributed by atoms with Gasteiger partial charge in [0.2, 0.25) is 0 Å². The smallest absolute Gasteiger partial charge is 0.253 e. The Kier molecular flexibility index (Phi) is 6.06. The highest BCUT2D eigenvalue weighted by Crippen LogP contribution is 2.42. The molecule has 1 atom stereocenters. The van der Waals surface area contributed by atoms with Crippen LogP contribution in [0.15, 0.2) is 54.6 Å². The number of rotatable bonds is 4. The van der Waals surface area contributed by atoms with Crippen molar-refractivity contribution in [2.45, 2.75) is 31.6 Å². The van der Waals surface area contributed by atoms with Crippen molar-refractivity contribution >= 4 is 5.91 Å². The van der Waals surface area contributed by atoms with E-state index >= 15 is 0 Å². The van der Waals surface area contributed by atoms with Gasteiger partial charge in [0, 0.05) is 18.7 Å². The van der Waals surface area contributed by atoms with E-state index in [0.29, 0.717) is 17.8 Å². The van der Waals surface area contributed by atoms with Crippen molar-refractivity contribution in [3.05, 3.63) is 71.5 Å². The minimum Gasteiger partial charge on any atom is -0.339 e. The first kappa shape index (κ1) is 19.1. The Morgan fingerprint density at radius 1 is 0.929 bits per heavy atom. The molecule has 1 amide bonds. The molecule has 0 bridgehead atoms. The molecule has 2 aliphatic heterocycles. The highest BCUT2D eigenvalue weighted by atomic mass is 19.1. The van der Waals surface area contributed by atoms with Gasteiger partial charge in [0.1, 0.15) is 5.82 Å². The first-order chi connectivity index (χ1) is 13.7. The molecule has 0 aromatic heterocycles. The van der Waals surface area contributed by atoms with Gasteiger partial charge in [0.05, 0.1) is 0 Å². The van der Waals surface area contributed by atoms with Gasteiger partial charge in [-0.3, -0.25) is 4.79 Å². The third-order valence-electron chi connectivity index (χ3n) is 6.48. The largest absolute Gasteiger partial charge is 0.339 e. The van der Waals surface area contributed by atoms with Crippen LogP contribution in [0.5, 0.6) is 0 Å². The van der Waals surface area contributed by atoms with Gasteiger partial charge in [-0.15, -0.1) is 0 Å². The summed E-state index contributed by atoms with van der Waals surface area (Å²) in [7, 11) is 0. The predicted molar refractivity (Wildman–Crippen MR) is 110 cm³/mol. The van der Waals surface area contributed by atoms with E-state index in [1.807, 2.05) is 41.3 Å². The van der Waals surface area contributed by atoms with Crippen LogP contribution in [0, 0.1) is 17.7 Å². The molecular weight excluding hydrogens is 351 g/mol. The first-order valence-corrected chi connectivity index (χ1v) is 10.5.